The number of carbonyl (C=O) groups excluding carboxylic acids is 4. The van der Waals surface area contributed by atoms with E-state index in [0.29, 0.717) is 71.8 Å². The van der Waals surface area contributed by atoms with Gasteiger partial charge in [-0.1, -0.05) is 38.5 Å². The zero-order chi connectivity index (χ0) is 34.8. The van der Waals surface area contributed by atoms with E-state index in [1.165, 1.54) is 49.7 Å². The first-order valence-electron chi connectivity index (χ1n) is 21.1. The van der Waals surface area contributed by atoms with Crippen molar-refractivity contribution < 1.29 is 28.7 Å². The number of hydrogen-bond donors (Lipinski definition) is 0. The van der Waals surface area contributed by atoms with E-state index in [1.54, 1.807) is 0 Å². The number of allylic oxidation sites excluding steroid dienone is 5. The number of esters is 2. The largest absolute Gasteiger partial charge is 0.458 e. The van der Waals surface area contributed by atoms with Crippen LogP contribution >= 0.6 is 0 Å². The average Bonchev–Trinajstić information content (AvgIpc) is 3.96. The van der Waals surface area contributed by atoms with E-state index in [0.717, 1.165) is 74.5 Å². The molecule has 0 radical (unpaired) electrons. The van der Waals surface area contributed by atoms with Crippen LogP contribution in [0.1, 0.15) is 117 Å². The van der Waals surface area contributed by atoms with Gasteiger partial charge in [-0.3, -0.25) is 19.2 Å². The van der Waals surface area contributed by atoms with Gasteiger partial charge in [0.15, 0.2) is 11.6 Å². The summed E-state index contributed by atoms with van der Waals surface area (Å²) < 4.78 is 12.3. The van der Waals surface area contributed by atoms with Crippen LogP contribution in [0.2, 0.25) is 0 Å². The van der Waals surface area contributed by atoms with Crippen molar-refractivity contribution in [3.63, 3.8) is 0 Å². The lowest BCUT2D eigenvalue weighted by Crippen LogP contribution is -2.56. The molecule has 6 heteroatoms. The van der Waals surface area contributed by atoms with Gasteiger partial charge in [-0.05, 0) is 153 Å². The Labute approximate surface area is 303 Å². The molecule has 12 aliphatic rings. The van der Waals surface area contributed by atoms with Crippen molar-refractivity contribution in [2.24, 2.45) is 87.8 Å². The van der Waals surface area contributed by atoms with Gasteiger partial charge < -0.3 is 9.47 Å². The Morgan fingerprint density at radius 1 is 0.647 bits per heavy atom. The molecular weight excluding hydrogens is 636 g/mol. The highest BCUT2D eigenvalue weighted by atomic mass is 16.6. The van der Waals surface area contributed by atoms with Crippen LogP contribution in [-0.4, -0.2) is 34.7 Å². The molecule has 0 aromatic rings. The van der Waals surface area contributed by atoms with Gasteiger partial charge in [-0.25, -0.2) is 0 Å². The highest BCUT2D eigenvalue weighted by molar-refractivity contribution is 5.92. The Morgan fingerprint density at radius 3 is 1.88 bits per heavy atom. The first-order valence-corrected chi connectivity index (χ1v) is 21.1. The van der Waals surface area contributed by atoms with Gasteiger partial charge in [0.05, 0.1) is 0 Å². The lowest BCUT2D eigenvalue weighted by molar-refractivity contribution is -0.176. The molecule has 2 heterocycles. The van der Waals surface area contributed by atoms with E-state index in [-0.39, 0.29) is 34.0 Å². The van der Waals surface area contributed by atoms with E-state index < -0.39 is 0 Å². The van der Waals surface area contributed by atoms with E-state index in [1.807, 2.05) is 12.2 Å². The van der Waals surface area contributed by atoms with Gasteiger partial charge >= 0.3 is 11.9 Å². The molecule has 9 fully saturated rings. The van der Waals surface area contributed by atoms with Gasteiger partial charge in [0.25, 0.3) is 0 Å². The van der Waals surface area contributed by atoms with Crippen molar-refractivity contribution in [3.8, 4) is 0 Å². The fraction of sp³-hybridized carbons (Fsp3) is 0.778. The van der Waals surface area contributed by atoms with Gasteiger partial charge in [0.1, 0.15) is 11.2 Å². The number of rotatable bonds is 0. The minimum Gasteiger partial charge on any atom is -0.458 e. The Bertz CT molecular complexity index is 1740. The highest BCUT2D eigenvalue weighted by Crippen LogP contribution is 2.80. The summed E-state index contributed by atoms with van der Waals surface area (Å²) in [4.78, 5) is 47.9. The smallest absolute Gasteiger partial charge is 0.306 e. The van der Waals surface area contributed by atoms with Crippen molar-refractivity contribution in [1.29, 1.82) is 0 Å². The van der Waals surface area contributed by atoms with Crippen LogP contribution < -0.4 is 0 Å². The molecule has 2 saturated heterocycles. The second-order valence-corrected chi connectivity index (χ2v) is 20.3. The predicted molar refractivity (Wildman–Crippen MR) is 189 cm³/mol. The summed E-state index contributed by atoms with van der Waals surface area (Å²) in [5, 5.41) is 0. The first-order chi connectivity index (χ1) is 24.5. The third-order valence-electron chi connectivity index (χ3n) is 18.8. The summed E-state index contributed by atoms with van der Waals surface area (Å²) in [6, 6.07) is 0. The molecule has 2 aliphatic heterocycles. The van der Waals surface area contributed by atoms with Crippen molar-refractivity contribution in [1.82, 2.24) is 0 Å². The SMILES string of the molecule is CC1CC2=CC(=O)CCC2C2CC[C@@]3(C)C(C4CC4[C@@]34CCC(=O)O4)C12.C[C@]12CCC3C4CCC(=O)C=C4C=CC3C1C1CC1[C@@]21CCC(=O)O1. The Kier molecular flexibility index (Phi) is 6.50. The summed E-state index contributed by atoms with van der Waals surface area (Å²) >= 11 is 0. The maximum Gasteiger partial charge on any atom is 0.306 e. The molecule has 0 aromatic carbocycles. The minimum absolute atomic E-state index is 0.0323. The molecule has 0 N–H and O–H groups in total. The van der Waals surface area contributed by atoms with Crippen molar-refractivity contribution >= 4 is 23.5 Å². The second-order valence-electron chi connectivity index (χ2n) is 20.3. The Morgan fingerprint density at radius 2 is 1.24 bits per heavy atom. The van der Waals surface area contributed by atoms with Gasteiger partial charge in [0, 0.05) is 48.3 Å². The van der Waals surface area contributed by atoms with Crippen LogP contribution in [0.4, 0.5) is 0 Å². The van der Waals surface area contributed by atoms with Crippen LogP contribution in [0, 0.1) is 87.8 Å². The van der Waals surface area contributed by atoms with Crippen molar-refractivity contribution in [3.05, 3.63) is 35.5 Å². The Hall–Kier alpha value is -2.50. The fourth-order valence-electron chi connectivity index (χ4n) is 16.9. The highest BCUT2D eigenvalue weighted by Gasteiger charge is 2.80. The topological polar surface area (TPSA) is 86.7 Å². The normalized spacial score (nSPS) is 56.1. The number of hydrogen-bond acceptors (Lipinski definition) is 6. The number of ketones is 2. The second kappa shape index (κ2) is 10.4. The zero-order valence-electron chi connectivity index (χ0n) is 30.9. The maximum atomic E-state index is 12.1. The molecule has 51 heavy (non-hydrogen) atoms. The number of fused-ring (bicyclic) bond motifs is 18. The first kappa shape index (κ1) is 32.0. The molecule has 2 spiro atoms. The lowest BCUT2D eigenvalue weighted by Gasteiger charge is -2.58. The summed E-state index contributed by atoms with van der Waals surface area (Å²) in [7, 11) is 0. The van der Waals surface area contributed by atoms with Crippen LogP contribution in [0.5, 0.6) is 0 Å². The maximum absolute atomic E-state index is 12.1. The predicted octanol–water partition coefficient (Wildman–Crippen LogP) is 8.14. The molecule has 0 amide bonds. The molecule has 12 rings (SSSR count). The summed E-state index contributed by atoms with van der Waals surface area (Å²) in [5.41, 5.74) is 2.80. The third-order valence-corrected chi connectivity index (χ3v) is 18.8. The minimum atomic E-state index is -0.156. The molecule has 10 aliphatic carbocycles. The quantitative estimate of drug-likeness (QED) is 0.238. The molecule has 272 valence electrons. The monoisotopic (exact) mass is 692 g/mol. The van der Waals surface area contributed by atoms with Crippen LogP contribution in [0.3, 0.4) is 0 Å². The van der Waals surface area contributed by atoms with E-state index in [9.17, 15) is 19.2 Å². The van der Waals surface area contributed by atoms with Gasteiger partial charge in [-0.2, -0.15) is 0 Å². The third kappa shape index (κ3) is 4.02. The molecule has 0 bridgehead atoms. The number of carbonyl (C=O) groups is 4. The lowest BCUT2D eigenvalue weighted by atomic mass is 9.47. The summed E-state index contributed by atoms with van der Waals surface area (Å²) in [6.45, 7) is 7.34. The molecule has 6 nitrogen and oxygen atoms in total. The van der Waals surface area contributed by atoms with Gasteiger partial charge in [0.2, 0.25) is 0 Å². The molecular formula is C45H56O6. The molecule has 13 unspecified atom stereocenters. The van der Waals surface area contributed by atoms with Crippen LogP contribution in [0.15, 0.2) is 35.5 Å². The van der Waals surface area contributed by atoms with E-state index >= 15 is 0 Å². The zero-order valence-corrected chi connectivity index (χ0v) is 30.9. The molecule has 0 aromatic heterocycles. The Balaban J connectivity index is 0.000000122. The van der Waals surface area contributed by atoms with E-state index in [4.69, 9.17) is 9.47 Å². The van der Waals surface area contributed by atoms with Crippen LogP contribution in [-0.2, 0) is 28.7 Å². The van der Waals surface area contributed by atoms with E-state index in [2.05, 4.69) is 32.9 Å². The van der Waals surface area contributed by atoms with Crippen molar-refractivity contribution in [2.75, 3.05) is 0 Å². The average molecular weight is 693 g/mol. The molecule has 17 atom stereocenters. The fourth-order valence-corrected chi connectivity index (χ4v) is 16.9. The van der Waals surface area contributed by atoms with Crippen LogP contribution in [0.25, 0.3) is 0 Å². The standard InChI is InChI=1S/C23H30O3.C22H26O3/c1-12-9-13-10-14(24)3-4-15(13)16-5-7-22(2)21(20(12)16)17-11-18(17)23(22)8-6-19(25)26-23;1-21-8-6-15-14-5-3-13(23)10-12(14)2-4-16(15)20(21)17-11-18(17)22(21)9-7-19(24)25-22/h10,12,15-18,20-21H,3-9,11H2,1-2H3;2,4,10,14-18,20H,3,5-9,11H2,1H3/t12?,15?,16?,17?,18?,20?,21?,22-,23-;14?,15?,16?,17?,18?,20?,21-,22-/m00/s1. The van der Waals surface area contributed by atoms with Gasteiger partial charge in [-0.15, -0.1) is 0 Å². The molecule has 7 saturated carbocycles. The van der Waals surface area contributed by atoms with Crippen molar-refractivity contribution in [2.45, 2.75) is 128 Å². The summed E-state index contributed by atoms with van der Waals surface area (Å²) in [5.74, 6) is 9.63. The summed E-state index contributed by atoms with van der Waals surface area (Å²) in [6.07, 6.45) is 23.9. The number of ether oxygens (including phenoxy) is 2.